The normalized spacial score (nSPS) is 12.8. The van der Waals surface area contributed by atoms with Crippen LogP contribution in [-0.2, 0) is 0 Å². The number of hydrogen-bond donors (Lipinski definition) is 1. The molecule has 1 N–H and O–H groups in total. The minimum Gasteiger partial charge on any atom is -0.478 e. The van der Waals surface area contributed by atoms with E-state index >= 15 is 0 Å². The zero-order valence-electron chi connectivity index (χ0n) is 10.7. The van der Waals surface area contributed by atoms with Crippen LogP contribution in [0.2, 0.25) is 0 Å². The Hall–Kier alpha value is -3.09. The highest BCUT2D eigenvalue weighted by molar-refractivity contribution is 5.92. The molecule has 7 nitrogen and oxygen atoms in total. The first-order valence-electron chi connectivity index (χ1n) is 6.21. The number of rotatable bonds is 2. The third-order valence-corrected chi connectivity index (χ3v) is 3.29. The van der Waals surface area contributed by atoms with Crippen molar-refractivity contribution < 1.29 is 19.4 Å². The summed E-state index contributed by atoms with van der Waals surface area (Å²) >= 11 is 0. The Morgan fingerprint density at radius 2 is 2.00 bits per heavy atom. The van der Waals surface area contributed by atoms with Crippen LogP contribution in [0.15, 0.2) is 36.4 Å². The highest BCUT2D eigenvalue weighted by atomic mass is 16.7. The van der Waals surface area contributed by atoms with Gasteiger partial charge < -0.3 is 14.6 Å². The van der Waals surface area contributed by atoms with Crippen molar-refractivity contribution in [2.24, 2.45) is 0 Å². The van der Waals surface area contributed by atoms with E-state index in [4.69, 9.17) is 14.6 Å². The Balaban J connectivity index is 1.90. The molecule has 0 atom stereocenters. The quantitative estimate of drug-likeness (QED) is 0.772. The van der Waals surface area contributed by atoms with Gasteiger partial charge in [0, 0.05) is 6.07 Å². The number of aromatic nitrogens is 3. The Morgan fingerprint density at radius 1 is 1.14 bits per heavy atom. The molecule has 21 heavy (non-hydrogen) atoms. The molecule has 0 spiro atoms. The molecular formula is C14H9N3O4. The third-order valence-electron chi connectivity index (χ3n) is 3.29. The molecule has 104 valence electrons. The molecule has 0 saturated heterocycles. The lowest BCUT2D eigenvalue weighted by Crippen LogP contribution is -1.99. The van der Waals surface area contributed by atoms with Gasteiger partial charge in [-0.1, -0.05) is 5.21 Å². The van der Waals surface area contributed by atoms with Crippen LogP contribution in [0.25, 0.3) is 16.7 Å². The minimum atomic E-state index is -0.990. The van der Waals surface area contributed by atoms with Crippen molar-refractivity contribution in [2.45, 2.75) is 0 Å². The number of ether oxygens (including phenoxy) is 2. The fourth-order valence-electron chi connectivity index (χ4n) is 2.26. The summed E-state index contributed by atoms with van der Waals surface area (Å²) < 4.78 is 12.2. The lowest BCUT2D eigenvalue weighted by atomic mass is 10.2. The van der Waals surface area contributed by atoms with Gasteiger partial charge in [0.2, 0.25) is 6.79 Å². The smallest absolute Gasteiger partial charge is 0.335 e. The zero-order chi connectivity index (χ0) is 14.4. The maximum atomic E-state index is 11.1. The van der Waals surface area contributed by atoms with E-state index in [0.717, 1.165) is 5.69 Å². The van der Waals surface area contributed by atoms with Crippen molar-refractivity contribution in [3.05, 3.63) is 42.0 Å². The van der Waals surface area contributed by atoms with E-state index in [1.54, 1.807) is 28.9 Å². The van der Waals surface area contributed by atoms with Crippen LogP contribution in [0.1, 0.15) is 10.4 Å². The van der Waals surface area contributed by atoms with Crippen molar-refractivity contribution >= 4 is 17.0 Å². The molecule has 1 aromatic heterocycles. The van der Waals surface area contributed by atoms with E-state index in [0.29, 0.717) is 22.5 Å². The topological polar surface area (TPSA) is 86.5 Å². The lowest BCUT2D eigenvalue weighted by Gasteiger charge is -2.04. The van der Waals surface area contributed by atoms with E-state index in [1.165, 1.54) is 6.07 Å². The monoisotopic (exact) mass is 283 g/mol. The molecule has 1 aliphatic heterocycles. The molecule has 2 aromatic carbocycles. The number of carboxylic acids is 1. The number of nitrogens with zero attached hydrogens (tertiary/aromatic N) is 3. The molecule has 2 heterocycles. The molecule has 1 aliphatic rings. The zero-order valence-corrected chi connectivity index (χ0v) is 10.7. The van der Waals surface area contributed by atoms with Gasteiger partial charge in [-0.3, -0.25) is 0 Å². The van der Waals surface area contributed by atoms with E-state index in [1.807, 2.05) is 6.07 Å². The van der Waals surface area contributed by atoms with E-state index in [9.17, 15) is 4.79 Å². The Kier molecular flexibility index (Phi) is 2.34. The number of aromatic carboxylic acids is 1. The second kappa shape index (κ2) is 4.20. The van der Waals surface area contributed by atoms with E-state index < -0.39 is 5.97 Å². The van der Waals surface area contributed by atoms with Gasteiger partial charge in [-0.25, -0.2) is 9.48 Å². The Labute approximate surface area is 118 Å². The number of carboxylic acid groups (broad SMARTS) is 1. The molecule has 0 radical (unpaired) electrons. The maximum absolute atomic E-state index is 11.1. The van der Waals surface area contributed by atoms with Crippen molar-refractivity contribution in [1.82, 2.24) is 15.0 Å². The molecule has 4 rings (SSSR count). The van der Waals surface area contributed by atoms with Crippen LogP contribution in [0, 0.1) is 0 Å². The van der Waals surface area contributed by atoms with Gasteiger partial charge in [0.1, 0.15) is 5.52 Å². The molecule has 0 aliphatic carbocycles. The molecule has 7 heteroatoms. The van der Waals surface area contributed by atoms with Gasteiger partial charge >= 0.3 is 5.97 Å². The van der Waals surface area contributed by atoms with Crippen LogP contribution < -0.4 is 9.47 Å². The van der Waals surface area contributed by atoms with Gasteiger partial charge in [-0.2, -0.15) is 0 Å². The van der Waals surface area contributed by atoms with Gasteiger partial charge in [0.15, 0.2) is 11.5 Å². The summed E-state index contributed by atoms with van der Waals surface area (Å²) in [6, 6.07) is 10.1. The van der Waals surface area contributed by atoms with Crippen LogP contribution in [0.3, 0.4) is 0 Å². The summed E-state index contributed by atoms with van der Waals surface area (Å²) in [5, 5.41) is 17.2. The average molecular weight is 283 g/mol. The molecule has 0 unspecified atom stereocenters. The average Bonchev–Trinajstić information content (AvgIpc) is 3.12. The predicted octanol–water partition coefficient (Wildman–Crippen LogP) is 1.85. The SMILES string of the molecule is O=C(O)c1ccc2nnn(-c3ccc4c(c3)OCO4)c2c1. The highest BCUT2D eigenvalue weighted by Gasteiger charge is 2.16. The molecule has 0 fully saturated rings. The van der Waals surface area contributed by atoms with Crippen molar-refractivity contribution in [3.8, 4) is 17.2 Å². The van der Waals surface area contributed by atoms with E-state index in [2.05, 4.69) is 10.3 Å². The summed E-state index contributed by atoms with van der Waals surface area (Å²) in [5.41, 5.74) is 2.16. The van der Waals surface area contributed by atoms with Crippen molar-refractivity contribution in [3.63, 3.8) is 0 Å². The first kappa shape index (κ1) is 11.7. The highest BCUT2D eigenvalue weighted by Crippen LogP contribution is 2.34. The van der Waals surface area contributed by atoms with E-state index in [-0.39, 0.29) is 12.4 Å². The molecule has 3 aromatic rings. The number of hydrogen-bond acceptors (Lipinski definition) is 5. The summed E-state index contributed by atoms with van der Waals surface area (Å²) in [6.45, 7) is 0.194. The number of benzene rings is 2. The fourth-order valence-corrected chi connectivity index (χ4v) is 2.26. The summed E-state index contributed by atoms with van der Waals surface area (Å²) in [5.74, 6) is 0.315. The first-order chi connectivity index (χ1) is 10.2. The van der Waals surface area contributed by atoms with Crippen LogP contribution in [0.5, 0.6) is 11.5 Å². The van der Waals surface area contributed by atoms with Gasteiger partial charge in [-0.05, 0) is 30.3 Å². The van der Waals surface area contributed by atoms with Crippen LogP contribution in [-0.4, -0.2) is 32.9 Å². The Bertz CT molecular complexity index is 872. The number of fused-ring (bicyclic) bond motifs is 2. The maximum Gasteiger partial charge on any atom is 0.335 e. The molecule has 0 bridgehead atoms. The van der Waals surface area contributed by atoms with Gasteiger partial charge in [0.05, 0.1) is 16.8 Å². The second-order valence-corrected chi connectivity index (χ2v) is 4.55. The van der Waals surface area contributed by atoms with Crippen molar-refractivity contribution in [1.29, 1.82) is 0 Å². The summed E-state index contributed by atoms with van der Waals surface area (Å²) in [4.78, 5) is 11.1. The largest absolute Gasteiger partial charge is 0.478 e. The van der Waals surface area contributed by atoms with Gasteiger partial charge in [0.25, 0.3) is 0 Å². The van der Waals surface area contributed by atoms with Crippen LogP contribution >= 0.6 is 0 Å². The Morgan fingerprint density at radius 3 is 2.86 bits per heavy atom. The second-order valence-electron chi connectivity index (χ2n) is 4.55. The summed E-state index contributed by atoms with van der Waals surface area (Å²) in [7, 11) is 0. The lowest BCUT2D eigenvalue weighted by molar-refractivity contribution is 0.0697. The summed E-state index contributed by atoms with van der Waals surface area (Å²) in [6.07, 6.45) is 0. The third kappa shape index (κ3) is 1.78. The molecule has 0 saturated carbocycles. The standard InChI is InChI=1S/C14H9N3O4/c18-14(19)8-1-3-10-11(5-8)17(16-15-10)9-2-4-12-13(6-9)21-7-20-12/h1-6H,7H2,(H,18,19). The predicted molar refractivity (Wildman–Crippen MR) is 71.9 cm³/mol. The first-order valence-corrected chi connectivity index (χ1v) is 6.21. The number of carbonyl (C=O) groups is 1. The molecular weight excluding hydrogens is 274 g/mol. The minimum absolute atomic E-state index is 0.187. The molecule has 0 amide bonds. The van der Waals surface area contributed by atoms with Gasteiger partial charge in [-0.15, -0.1) is 5.10 Å². The fraction of sp³-hybridized carbons (Fsp3) is 0.0714. The van der Waals surface area contributed by atoms with Crippen molar-refractivity contribution in [2.75, 3.05) is 6.79 Å². The van der Waals surface area contributed by atoms with Crippen LogP contribution in [0.4, 0.5) is 0 Å².